The molecule has 0 aliphatic carbocycles. The third-order valence-electron chi connectivity index (χ3n) is 4.07. The Morgan fingerprint density at radius 3 is 3.12 bits per heavy atom. The molecule has 4 rings (SSSR count). The molecule has 9 heteroatoms. The topological polar surface area (TPSA) is 99.7 Å². The predicted octanol–water partition coefficient (Wildman–Crippen LogP) is 1.30. The number of rotatable bonds is 3. The van der Waals surface area contributed by atoms with Gasteiger partial charge in [-0.15, -0.1) is 0 Å². The normalized spacial score (nSPS) is 20.5. The number of nitrogens with one attached hydrogen (secondary N) is 2. The van der Waals surface area contributed by atoms with Crippen LogP contribution in [0.2, 0.25) is 0 Å². The smallest absolute Gasteiger partial charge is 0.264 e. The van der Waals surface area contributed by atoms with Crippen LogP contribution >= 0.6 is 0 Å². The number of nitrogens with zero attached hydrogens (tertiary/aromatic N) is 5. The molecule has 8 nitrogen and oxygen atoms in total. The summed E-state index contributed by atoms with van der Waals surface area (Å²) in [4.78, 5) is 26.3. The minimum absolute atomic E-state index is 0.0730. The molecular weight excluding hydrogens is 313 g/mol. The Kier molecular flexibility index (Phi) is 3.33. The summed E-state index contributed by atoms with van der Waals surface area (Å²) in [6.45, 7) is 0.310. The van der Waals surface area contributed by atoms with Gasteiger partial charge in [0.15, 0.2) is 5.65 Å². The first-order chi connectivity index (χ1) is 11.7. The maximum Gasteiger partial charge on any atom is 0.264 e. The number of aromatic nitrogens is 5. The number of H-pyrrole nitrogens is 1. The van der Waals surface area contributed by atoms with Crippen LogP contribution in [-0.2, 0) is 4.79 Å². The lowest BCUT2D eigenvalue weighted by Gasteiger charge is -2.21. The molecular formula is C15H14FN7O. The highest BCUT2D eigenvalue weighted by Crippen LogP contribution is 2.32. The molecule has 1 amide bonds. The Hall–Kier alpha value is -3.10. The molecule has 3 aromatic heterocycles. The standard InChI is InChI=1S/C15H14FN7O/c16-15(14(24)21-10-2-1-4-17-6-10)3-5-23(8-15)13-11-7-20-22-12(11)18-9-19-13/h1-2,4,6-7,9H,3,5,8H2,(H,21,24)(H,18,19,20,22). The molecule has 1 aliphatic rings. The van der Waals surface area contributed by atoms with Crippen LogP contribution in [0.3, 0.4) is 0 Å². The average Bonchev–Trinajstić information content (AvgIpc) is 3.23. The molecule has 1 unspecified atom stereocenters. The minimum Gasteiger partial charge on any atom is -0.352 e. The van der Waals surface area contributed by atoms with E-state index in [1.54, 1.807) is 29.4 Å². The van der Waals surface area contributed by atoms with Crippen LogP contribution in [0.1, 0.15) is 6.42 Å². The van der Waals surface area contributed by atoms with Gasteiger partial charge in [0.1, 0.15) is 12.1 Å². The van der Waals surface area contributed by atoms with Crippen molar-refractivity contribution in [1.29, 1.82) is 0 Å². The van der Waals surface area contributed by atoms with Gasteiger partial charge in [-0.05, 0) is 12.1 Å². The van der Waals surface area contributed by atoms with Crippen LogP contribution in [-0.4, -0.2) is 49.8 Å². The highest BCUT2D eigenvalue weighted by Gasteiger charge is 2.46. The number of carbonyl (C=O) groups excluding carboxylic acids is 1. The van der Waals surface area contributed by atoms with Crippen molar-refractivity contribution in [3.05, 3.63) is 37.1 Å². The van der Waals surface area contributed by atoms with Crippen molar-refractivity contribution in [2.45, 2.75) is 12.1 Å². The molecule has 0 aromatic carbocycles. The number of carbonyl (C=O) groups is 1. The van der Waals surface area contributed by atoms with Gasteiger partial charge in [-0.1, -0.05) is 0 Å². The lowest BCUT2D eigenvalue weighted by molar-refractivity contribution is -0.126. The molecule has 24 heavy (non-hydrogen) atoms. The van der Waals surface area contributed by atoms with Crippen molar-refractivity contribution in [2.24, 2.45) is 0 Å². The molecule has 0 spiro atoms. The first kappa shape index (κ1) is 14.5. The van der Waals surface area contributed by atoms with Crippen molar-refractivity contribution in [3.8, 4) is 0 Å². The van der Waals surface area contributed by atoms with E-state index in [4.69, 9.17) is 0 Å². The summed E-state index contributed by atoms with van der Waals surface area (Å²) in [6.07, 6.45) is 6.14. The van der Waals surface area contributed by atoms with Gasteiger partial charge in [0.2, 0.25) is 5.67 Å². The largest absolute Gasteiger partial charge is 0.352 e. The van der Waals surface area contributed by atoms with Crippen LogP contribution < -0.4 is 10.2 Å². The molecule has 4 heterocycles. The zero-order valence-electron chi connectivity index (χ0n) is 12.6. The Bertz CT molecular complexity index is 884. The van der Waals surface area contributed by atoms with Crippen LogP contribution in [0.25, 0.3) is 11.0 Å². The Morgan fingerprint density at radius 2 is 2.29 bits per heavy atom. The van der Waals surface area contributed by atoms with Crippen molar-refractivity contribution >= 4 is 28.4 Å². The molecule has 1 aliphatic heterocycles. The molecule has 1 saturated heterocycles. The maximum absolute atomic E-state index is 15.1. The van der Waals surface area contributed by atoms with Gasteiger partial charge in [0.05, 0.1) is 30.0 Å². The van der Waals surface area contributed by atoms with E-state index >= 15 is 4.39 Å². The summed E-state index contributed by atoms with van der Waals surface area (Å²) in [6, 6.07) is 3.35. The first-order valence-corrected chi connectivity index (χ1v) is 7.45. The Balaban J connectivity index is 1.55. The highest BCUT2D eigenvalue weighted by molar-refractivity contribution is 5.98. The summed E-state index contributed by atoms with van der Waals surface area (Å²) in [7, 11) is 0. The van der Waals surface area contributed by atoms with Crippen LogP contribution in [0, 0.1) is 0 Å². The number of hydrogen-bond acceptors (Lipinski definition) is 6. The number of anilines is 2. The van der Waals surface area contributed by atoms with E-state index in [1.807, 2.05) is 0 Å². The molecule has 0 saturated carbocycles. The fourth-order valence-corrected chi connectivity index (χ4v) is 2.82. The van der Waals surface area contributed by atoms with Crippen molar-refractivity contribution in [2.75, 3.05) is 23.3 Å². The quantitative estimate of drug-likeness (QED) is 0.752. The third-order valence-corrected chi connectivity index (χ3v) is 4.07. The van der Waals surface area contributed by atoms with Crippen molar-refractivity contribution in [1.82, 2.24) is 25.1 Å². The summed E-state index contributed by atoms with van der Waals surface area (Å²) in [5.41, 5.74) is -0.940. The van der Waals surface area contributed by atoms with Gasteiger partial charge in [0, 0.05) is 19.2 Å². The van der Waals surface area contributed by atoms with Crippen LogP contribution in [0.4, 0.5) is 15.9 Å². The molecule has 3 aromatic rings. The number of fused-ring (bicyclic) bond motifs is 1. The van der Waals surface area contributed by atoms with E-state index in [0.29, 0.717) is 29.1 Å². The zero-order valence-corrected chi connectivity index (χ0v) is 12.6. The van der Waals surface area contributed by atoms with Crippen molar-refractivity contribution in [3.63, 3.8) is 0 Å². The van der Waals surface area contributed by atoms with Gasteiger partial charge < -0.3 is 10.2 Å². The first-order valence-electron chi connectivity index (χ1n) is 7.45. The van der Waals surface area contributed by atoms with Crippen LogP contribution in [0.5, 0.6) is 0 Å². The van der Waals surface area contributed by atoms with E-state index in [9.17, 15) is 4.79 Å². The number of amides is 1. The van der Waals surface area contributed by atoms with Crippen LogP contribution in [0.15, 0.2) is 37.1 Å². The van der Waals surface area contributed by atoms with Crippen molar-refractivity contribution < 1.29 is 9.18 Å². The molecule has 0 bridgehead atoms. The van der Waals surface area contributed by atoms with Gasteiger partial charge in [-0.2, -0.15) is 5.10 Å². The molecule has 0 radical (unpaired) electrons. The maximum atomic E-state index is 15.1. The monoisotopic (exact) mass is 327 g/mol. The van der Waals surface area contributed by atoms with Gasteiger partial charge in [0.25, 0.3) is 5.91 Å². The third kappa shape index (κ3) is 2.43. The van der Waals surface area contributed by atoms with E-state index < -0.39 is 11.6 Å². The lowest BCUT2D eigenvalue weighted by Crippen LogP contribution is -2.41. The van der Waals surface area contributed by atoms with E-state index in [2.05, 4.69) is 30.5 Å². The fraction of sp³-hybridized carbons (Fsp3) is 0.267. The Morgan fingerprint density at radius 1 is 1.38 bits per heavy atom. The van der Waals surface area contributed by atoms with Gasteiger partial charge in [-0.3, -0.25) is 14.9 Å². The number of hydrogen-bond donors (Lipinski definition) is 2. The van der Waals surface area contributed by atoms with E-state index in [1.165, 1.54) is 12.5 Å². The summed E-state index contributed by atoms with van der Waals surface area (Å²) in [5.74, 6) is -0.0991. The molecule has 1 atom stereocenters. The van der Waals surface area contributed by atoms with E-state index in [0.717, 1.165) is 0 Å². The number of pyridine rings is 1. The second-order valence-corrected chi connectivity index (χ2v) is 5.66. The fourth-order valence-electron chi connectivity index (χ4n) is 2.82. The summed E-state index contributed by atoms with van der Waals surface area (Å²) < 4.78 is 15.1. The van der Waals surface area contributed by atoms with E-state index in [-0.39, 0.29) is 13.0 Å². The number of alkyl halides is 1. The molecule has 2 N–H and O–H groups in total. The highest BCUT2D eigenvalue weighted by atomic mass is 19.1. The second-order valence-electron chi connectivity index (χ2n) is 5.66. The Labute approximate surface area is 136 Å². The SMILES string of the molecule is O=C(Nc1cccnc1)C1(F)CCN(c2ncnc3[nH]ncc23)C1. The van der Waals surface area contributed by atoms with Gasteiger partial charge >= 0.3 is 0 Å². The minimum atomic E-state index is -1.99. The number of halogens is 1. The average molecular weight is 327 g/mol. The summed E-state index contributed by atoms with van der Waals surface area (Å²) >= 11 is 0. The molecule has 122 valence electrons. The second kappa shape index (κ2) is 5.52. The molecule has 1 fully saturated rings. The lowest BCUT2D eigenvalue weighted by atomic mass is 10.0. The number of aromatic amines is 1. The summed E-state index contributed by atoms with van der Waals surface area (Å²) in [5, 5.41) is 9.96. The zero-order chi connectivity index (χ0) is 16.6. The predicted molar refractivity (Wildman–Crippen MR) is 85.2 cm³/mol. The van der Waals surface area contributed by atoms with Gasteiger partial charge in [-0.25, -0.2) is 14.4 Å².